The quantitative estimate of drug-likeness (QED) is 0.251. The molecule has 1 saturated heterocycles. The Kier molecular flexibility index (Phi) is 6.48. The second-order valence-electron chi connectivity index (χ2n) is 13.7. The Labute approximate surface area is 249 Å². The summed E-state index contributed by atoms with van der Waals surface area (Å²) in [5.41, 5.74) is -7.76. The topological polar surface area (TPSA) is 173 Å². The molecule has 43 heavy (non-hydrogen) atoms. The van der Waals surface area contributed by atoms with Crippen LogP contribution < -0.4 is 5.32 Å². The van der Waals surface area contributed by atoms with Crippen LogP contribution in [0.1, 0.15) is 36.5 Å². The molecule has 12 nitrogen and oxygen atoms in total. The monoisotopic (exact) mass is 603 g/mol. The number of nitrogens with one attached hydrogen (secondary N) is 1. The van der Waals surface area contributed by atoms with Gasteiger partial charge in [0.05, 0.1) is 35.9 Å². The molecule has 6 aliphatic rings. The van der Waals surface area contributed by atoms with Crippen molar-refractivity contribution in [3.63, 3.8) is 0 Å². The maximum Gasteiger partial charge on any atom is 0.338 e. The molecule has 5 aliphatic carbocycles. The fourth-order valence-electron chi connectivity index (χ4n) is 11.5. The highest BCUT2D eigenvalue weighted by atomic mass is 16.6. The predicted molar refractivity (Wildman–Crippen MR) is 147 cm³/mol. The maximum absolute atomic E-state index is 13.6. The number of methoxy groups -OCH3 is 3. The lowest BCUT2D eigenvalue weighted by Crippen LogP contribution is -2.84. The Morgan fingerprint density at radius 3 is 2.37 bits per heavy atom. The zero-order valence-corrected chi connectivity index (χ0v) is 24.8. The van der Waals surface area contributed by atoms with Crippen LogP contribution in [0.4, 0.5) is 0 Å². The molecule has 1 aliphatic heterocycles. The number of ether oxygens (including phenoxy) is 5. The average Bonchev–Trinajstić information content (AvgIpc) is 3.31. The summed E-state index contributed by atoms with van der Waals surface area (Å²) in [7, 11) is 4.44. The minimum absolute atomic E-state index is 0.218. The van der Waals surface area contributed by atoms with Crippen LogP contribution >= 0.6 is 0 Å². The molecule has 5 unspecified atom stereocenters. The molecule has 5 saturated carbocycles. The van der Waals surface area contributed by atoms with Crippen molar-refractivity contribution in [3.8, 4) is 0 Å². The third kappa shape index (κ3) is 3.18. The largest absolute Gasteiger partial charge is 0.455 e. The first kappa shape index (κ1) is 29.5. The van der Waals surface area contributed by atoms with Crippen LogP contribution in [0, 0.1) is 28.6 Å². The van der Waals surface area contributed by atoms with E-state index in [0.29, 0.717) is 26.0 Å². The van der Waals surface area contributed by atoms with E-state index >= 15 is 0 Å². The van der Waals surface area contributed by atoms with E-state index in [-0.39, 0.29) is 5.56 Å². The van der Waals surface area contributed by atoms with Crippen molar-refractivity contribution >= 4 is 11.9 Å². The van der Waals surface area contributed by atoms with Crippen molar-refractivity contribution in [1.29, 1.82) is 0 Å². The number of hydrogen-bond donors (Lipinski definition) is 5. The lowest BCUT2D eigenvalue weighted by Gasteiger charge is -2.69. The first-order valence-corrected chi connectivity index (χ1v) is 15.0. The Bertz CT molecular complexity index is 1310. The second kappa shape index (κ2) is 9.43. The molecule has 1 spiro atoms. The summed E-state index contributed by atoms with van der Waals surface area (Å²) in [6, 6.07) is 7.54. The van der Waals surface area contributed by atoms with Gasteiger partial charge >= 0.3 is 11.9 Å². The Hall–Kier alpha value is -2.16. The van der Waals surface area contributed by atoms with Gasteiger partial charge in [-0.3, -0.25) is 4.79 Å². The van der Waals surface area contributed by atoms with Gasteiger partial charge in [-0.2, -0.15) is 0 Å². The lowest BCUT2D eigenvalue weighted by atomic mass is 9.41. The van der Waals surface area contributed by atoms with Crippen molar-refractivity contribution in [2.24, 2.45) is 28.6 Å². The standard InChI is InChI=1S/C31H41NO11/c1-15(33)43-31-18-19(40-3)20-27(14-39-2)11-10-17(34)30(20,22(18)32-13-27)29(38)12-28(37,25(41-4)23(31)35)24(21(29)31)42-26(36)16-8-6-5-7-9-16/h5-9,17-25,32,34-35,37-38H,10-14H2,1-4H3/t17?,18-,19?,20+,21-,22+,23?,24?,25?,27-,28-,29-,30+,31-/m0/s1. The second-order valence-corrected chi connectivity index (χ2v) is 13.7. The molecule has 0 aromatic heterocycles. The van der Waals surface area contributed by atoms with E-state index in [1.807, 2.05) is 0 Å². The third-order valence-corrected chi connectivity index (χ3v) is 12.3. The van der Waals surface area contributed by atoms with Crippen LogP contribution in [0.5, 0.6) is 0 Å². The highest BCUT2D eigenvalue weighted by Crippen LogP contribution is 2.80. The summed E-state index contributed by atoms with van der Waals surface area (Å²) in [5, 5.41) is 53.8. The van der Waals surface area contributed by atoms with Crippen LogP contribution in [0.2, 0.25) is 0 Å². The lowest BCUT2D eigenvalue weighted by molar-refractivity contribution is -0.332. The molecule has 1 heterocycles. The number of benzene rings is 1. The van der Waals surface area contributed by atoms with Gasteiger partial charge in [0, 0.05) is 69.9 Å². The SMILES string of the molecule is COC[C@]12CCC(O)[C@]34[C@H](NC1)[C@H](C(OC)[C@H]23)[C@@]1(OC(C)=O)C(O)C(OC)[C@]2(O)C[C@]4(O)[C@@H]1C2OC(=O)c1ccccc1. The van der Waals surface area contributed by atoms with Gasteiger partial charge in [-0.1, -0.05) is 18.2 Å². The fraction of sp³-hybridized carbons (Fsp3) is 0.742. The molecule has 14 atom stereocenters. The summed E-state index contributed by atoms with van der Waals surface area (Å²) < 4.78 is 30.1. The molecule has 0 amide bonds. The van der Waals surface area contributed by atoms with Crippen LogP contribution in [-0.2, 0) is 28.5 Å². The van der Waals surface area contributed by atoms with E-state index in [1.165, 1.54) is 21.1 Å². The van der Waals surface area contributed by atoms with Crippen LogP contribution in [0.3, 0.4) is 0 Å². The van der Waals surface area contributed by atoms with Crippen LogP contribution in [-0.4, -0.2) is 120 Å². The fourth-order valence-corrected chi connectivity index (χ4v) is 11.5. The minimum atomic E-state index is -2.10. The predicted octanol–water partition coefficient (Wildman–Crippen LogP) is -0.594. The summed E-state index contributed by atoms with van der Waals surface area (Å²) >= 11 is 0. The zero-order chi connectivity index (χ0) is 30.7. The molecular formula is C31H41NO11. The summed E-state index contributed by atoms with van der Waals surface area (Å²) in [6.07, 6.45) is -5.81. The molecule has 5 N–H and O–H groups in total. The van der Waals surface area contributed by atoms with Gasteiger partial charge in [-0.25, -0.2) is 4.79 Å². The highest BCUT2D eigenvalue weighted by molar-refractivity contribution is 5.89. The van der Waals surface area contributed by atoms with E-state index in [9.17, 15) is 30.0 Å². The minimum Gasteiger partial charge on any atom is -0.455 e. The molecule has 1 aromatic carbocycles. The molecule has 0 radical (unpaired) electrons. The van der Waals surface area contributed by atoms with E-state index in [0.717, 1.165) is 0 Å². The molecule has 6 fully saturated rings. The van der Waals surface area contributed by atoms with Gasteiger partial charge in [0.15, 0.2) is 5.60 Å². The van der Waals surface area contributed by atoms with E-state index < -0.39 is 100 Å². The van der Waals surface area contributed by atoms with Crippen LogP contribution in [0.15, 0.2) is 30.3 Å². The number of carbonyl (C=O) groups is 2. The Morgan fingerprint density at radius 1 is 1.02 bits per heavy atom. The number of rotatable bonds is 7. The summed E-state index contributed by atoms with van der Waals surface area (Å²) in [6.45, 7) is 2.00. The number of esters is 2. The van der Waals surface area contributed by atoms with Crippen molar-refractivity contribution < 1.29 is 53.7 Å². The van der Waals surface area contributed by atoms with Gasteiger partial charge in [-0.15, -0.1) is 0 Å². The number of fused-ring (bicyclic) bond motifs is 2. The number of aliphatic hydroxyl groups excluding tert-OH is 2. The maximum atomic E-state index is 13.6. The first-order valence-electron chi connectivity index (χ1n) is 15.0. The van der Waals surface area contributed by atoms with Gasteiger partial charge < -0.3 is 49.4 Å². The zero-order valence-electron chi connectivity index (χ0n) is 24.8. The van der Waals surface area contributed by atoms with Crippen molar-refractivity contribution in [2.45, 2.75) is 79.6 Å². The van der Waals surface area contributed by atoms with Crippen molar-refractivity contribution in [2.75, 3.05) is 34.5 Å². The molecular weight excluding hydrogens is 562 g/mol. The van der Waals surface area contributed by atoms with Crippen molar-refractivity contribution in [3.05, 3.63) is 35.9 Å². The van der Waals surface area contributed by atoms with E-state index in [1.54, 1.807) is 37.4 Å². The summed E-state index contributed by atoms with van der Waals surface area (Å²) in [4.78, 5) is 26.6. The normalized spacial score (nSPS) is 52.0. The molecule has 236 valence electrons. The molecule has 7 rings (SSSR count). The van der Waals surface area contributed by atoms with Gasteiger partial charge in [0.1, 0.15) is 23.9 Å². The Morgan fingerprint density at radius 2 is 1.74 bits per heavy atom. The molecule has 12 heteroatoms. The van der Waals surface area contributed by atoms with Gasteiger partial charge in [0.2, 0.25) is 0 Å². The molecule has 7 bridgehead atoms. The number of aliphatic hydroxyl groups is 4. The molecule has 1 aromatic rings. The van der Waals surface area contributed by atoms with Gasteiger partial charge in [0.25, 0.3) is 0 Å². The number of carbonyl (C=O) groups excluding carboxylic acids is 2. The highest BCUT2D eigenvalue weighted by Gasteiger charge is 2.95. The summed E-state index contributed by atoms with van der Waals surface area (Å²) in [5.74, 6) is -4.17. The van der Waals surface area contributed by atoms with E-state index in [2.05, 4.69) is 5.32 Å². The van der Waals surface area contributed by atoms with Gasteiger partial charge in [-0.05, 0) is 25.0 Å². The van der Waals surface area contributed by atoms with Crippen LogP contribution in [0.25, 0.3) is 0 Å². The first-order chi connectivity index (χ1) is 20.4. The smallest absolute Gasteiger partial charge is 0.338 e. The number of hydrogen-bond acceptors (Lipinski definition) is 12. The number of piperidine rings is 1. The average molecular weight is 604 g/mol. The van der Waals surface area contributed by atoms with E-state index in [4.69, 9.17) is 23.7 Å². The van der Waals surface area contributed by atoms with Crippen molar-refractivity contribution in [1.82, 2.24) is 5.32 Å². The Balaban J connectivity index is 1.51. The third-order valence-electron chi connectivity index (χ3n) is 12.3.